The molecule has 0 aromatic carbocycles. The fourth-order valence-corrected chi connectivity index (χ4v) is 5.29. The summed E-state index contributed by atoms with van der Waals surface area (Å²) >= 11 is 3.33. The minimum absolute atomic E-state index is 0.0533. The molecule has 134 valence electrons. The Labute approximate surface area is 150 Å². The molecule has 2 saturated heterocycles. The molecule has 1 aromatic heterocycles. The van der Waals surface area contributed by atoms with Crippen LogP contribution in [0.5, 0.6) is 0 Å². The van der Waals surface area contributed by atoms with Gasteiger partial charge in [0, 0.05) is 49.9 Å². The highest BCUT2D eigenvalue weighted by Gasteiger charge is 2.47. The summed E-state index contributed by atoms with van der Waals surface area (Å²) in [6, 6.07) is 0. The maximum atomic E-state index is 11.7. The van der Waals surface area contributed by atoms with E-state index in [4.69, 9.17) is 4.74 Å². The lowest BCUT2D eigenvalue weighted by atomic mass is 10.0. The molecule has 3 rings (SSSR count). The number of hydrogen-bond donors (Lipinski definition) is 3. The van der Waals surface area contributed by atoms with Gasteiger partial charge in [0.15, 0.2) is 5.12 Å². The van der Waals surface area contributed by atoms with Crippen LogP contribution < -0.4 is 16.0 Å². The van der Waals surface area contributed by atoms with E-state index in [-0.39, 0.29) is 11.4 Å². The number of morpholine rings is 1. The Morgan fingerprint density at radius 3 is 2.96 bits per heavy atom. The first-order valence-corrected chi connectivity index (χ1v) is 10.0. The smallest absolute Gasteiger partial charge is 0.219 e. The first-order valence-electron chi connectivity index (χ1n) is 8.17. The van der Waals surface area contributed by atoms with E-state index in [1.165, 1.54) is 4.88 Å². The Bertz CT molecular complexity index is 552. The topological polar surface area (TPSA) is 78.5 Å². The highest BCUT2D eigenvalue weighted by molar-refractivity contribution is 8.00. The van der Waals surface area contributed by atoms with Gasteiger partial charge in [-0.3, -0.25) is 25.3 Å². The number of aromatic nitrogens is 1. The number of rotatable bonds is 6. The van der Waals surface area contributed by atoms with Crippen molar-refractivity contribution in [2.24, 2.45) is 0 Å². The Balaban J connectivity index is 1.62. The molecule has 2 aliphatic rings. The van der Waals surface area contributed by atoms with E-state index < -0.39 is 5.12 Å². The second-order valence-electron chi connectivity index (χ2n) is 6.35. The molecule has 9 heteroatoms. The zero-order valence-electron chi connectivity index (χ0n) is 14.1. The maximum absolute atomic E-state index is 11.7. The molecule has 3 heterocycles. The van der Waals surface area contributed by atoms with Crippen LogP contribution in [0.2, 0.25) is 0 Å². The lowest BCUT2D eigenvalue weighted by molar-refractivity contribution is -0.120. The Morgan fingerprint density at radius 1 is 1.50 bits per heavy atom. The van der Waals surface area contributed by atoms with Crippen LogP contribution in [0.25, 0.3) is 0 Å². The number of ether oxygens (including phenoxy) is 1. The summed E-state index contributed by atoms with van der Waals surface area (Å²) in [4.78, 5) is 19.5. The minimum atomic E-state index is -0.642. The molecule has 2 aliphatic heterocycles. The molecule has 0 bridgehead atoms. The van der Waals surface area contributed by atoms with Crippen molar-refractivity contribution < 1.29 is 9.53 Å². The first kappa shape index (κ1) is 18.1. The summed E-state index contributed by atoms with van der Waals surface area (Å²) < 4.78 is 5.38. The average Bonchev–Trinajstić information content (AvgIpc) is 3.18. The number of thioether (sulfide) groups is 1. The van der Waals surface area contributed by atoms with E-state index in [1.807, 2.05) is 11.7 Å². The zero-order valence-corrected chi connectivity index (χ0v) is 15.8. The second kappa shape index (κ2) is 7.67. The van der Waals surface area contributed by atoms with Crippen molar-refractivity contribution in [2.45, 2.75) is 24.5 Å². The molecular formula is C15H25N5O2S2. The third-order valence-corrected chi connectivity index (χ3v) is 6.80. The normalized spacial score (nSPS) is 31.2. The number of hydrogen-bond acceptors (Lipinski definition) is 8. The molecule has 24 heavy (non-hydrogen) atoms. The van der Waals surface area contributed by atoms with Gasteiger partial charge in [-0.15, -0.1) is 11.3 Å². The standard InChI is InChI=1S/C15H25N5O2S2/c1-12(21)18-15(17-3-4-20-5-7-22-8-6-20)19-14(2,10-24-15)13-9-16-11-23-13/h9,11,17,19H,3-8,10H2,1-2H3,(H,18,21). The van der Waals surface area contributed by atoms with E-state index in [0.717, 1.165) is 45.1 Å². The minimum Gasteiger partial charge on any atom is -0.379 e. The van der Waals surface area contributed by atoms with Gasteiger partial charge >= 0.3 is 0 Å². The van der Waals surface area contributed by atoms with Gasteiger partial charge in [-0.2, -0.15) is 0 Å². The van der Waals surface area contributed by atoms with Gasteiger partial charge in [0.05, 0.1) is 24.3 Å². The van der Waals surface area contributed by atoms with Crippen molar-refractivity contribution >= 4 is 29.0 Å². The van der Waals surface area contributed by atoms with Gasteiger partial charge in [-0.1, -0.05) is 11.8 Å². The predicted molar refractivity (Wildman–Crippen MR) is 96.9 cm³/mol. The van der Waals surface area contributed by atoms with E-state index in [1.54, 1.807) is 30.0 Å². The monoisotopic (exact) mass is 371 g/mol. The van der Waals surface area contributed by atoms with Crippen molar-refractivity contribution in [2.75, 3.05) is 45.1 Å². The SMILES string of the molecule is CC(=O)NC1(NCCN2CCOCC2)NC(C)(c2cncs2)CS1. The Morgan fingerprint density at radius 2 is 2.29 bits per heavy atom. The zero-order chi connectivity index (χ0) is 17.0. The van der Waals surface area contributed by atoms with Crippen LogP contribution in [-0.4, -0.2) is 66.1 Å². The second-order valence-corrected chi connectivity index (χ2v) is 8.43. The van der Waals surface area contributed by atoms with Crippen LogP contribution in [0, 0.1) is 0 Å². The quantitative estimate of drug-likeness (QED) is 0.623. The average molecular weight is 372 g/mol. The van der Waals surface area contributed by atoms with Crippen molar-refractivity contribution in [3.05, 3.63) is 16.6 Å². The lowest BCUT2D eigenvalue weighted by Gasteiger charge is -2.35. The van der Waals surface area contributed by atoms with Crippen molar-refractivity contribution in [1.82, 2.24) is 25.8 Å². The summed E-state index contributed by atoms with van der Waals surface area (Å²) in [7, 11) is 0. The van der Waals surface area contributed by atoms with Crippen LogP contribution >= 0.6 is 23.1 Å². The van der Waals surface area contributed by atoms with Crippen molar-refractivity contribution in [3.8, 4) is 0 Å². The van der Waals surface area contributed by atoms with Gasteiger partial charge in [0.1, 0.15) is 0 Å². The van der Waals surface area contributed by atoms with E-state index in [2.05, 4.69) is 32.8 Å². The summed E-state index contributed by atoms with van der Waals surface area (Å²) in [6.45, 7) is 8.96. The molecule has 1 aromatic rings. The van der Waals surface area contributed by atoms with E-state index in [0.29, 0.717) is 0 Å². The molecule has 0 radical (unpaired) electrons. The summed E-state index contributed by atoms with van der Waals surface area (Å²) in [5, 5.41) is 9.52. The van der Waals surface area contributed by atoms with Gasteiger partial charge < -0.3 is 10.1 Å². The van der Waals surface area contributed by atoms with Crippen LogP contribution in [0.4, 0.5) is 0 Å². The van der Waals surface area contributed by atoms with E-state index in [9.17, 15) is 4.79 Å². The molecule has 2 unspecified atom stereocenters. The molecule has 0 saturated carbocycles. The van der Waals surface area contributed by atoms with Crippen LogP contribution in [-0.2, 0) is 15.1 Å². The third kappa shape index (κ3) is 4.27. The van der Waals surface area contributed by atoms with Gasteiger partial charge in [0.2, 0.25) is 5.91 Å². The summed E-state index contributed by atoms with van der Waals surface area (Å²) in [5.74, 6) is 0.808. The summed E-state index contributed by atoms with van der Waals surface area (Å²) in [5.41, 5.74) is 1.64. The number of thiazole rings is 1. The molecule has 0 aliphatic carbocycles. The van der Waals surface area contributed by atoms with Crippen molar-refractivity contribution in [1.29, 1.82) is 0 Å². The van der Waals surface area contributed by atoms with E-state index >= 15 is 0 Å². The first-order chi connectivity index (χ1) is 11.5. The number of nitrogens with one attached hydrogen (secondary N) is 3. The predicted octanol–water partition coefficient (Wildman–Crippen LogP) is 0.364. The molecule has 1 amide bonds. The third-order valence-electron chi connectivity index (χ3n) is 4.26. The number of carbonyl (C=O) groups excluding carboxylic acids is 1. The maximum Gasteiger partial charge on any atom is 0.219 e. The number of nitrogens with zero attached hydrogens (tertiary/aromatic N) is 2. The van der Waals surface area contributed by atoms with Gasteiger partial charge in [0.25, 0.3) is 0 Å². The van der Waals surface area contributed by atoms with Gasteiger partial charge in [-0.25, -0.2) is 0 Å². The highest BCUT2D eigenvalue weighted by Crippen LogP contribution is 2.39. The van der Waals surface area contributed by atoms with Crippen molar-refractivity contribution in [3.63, 3.8) is 0 Å². The molecular weight excluding hydrogens is 346 g/mol. The fourth-order valence-electron chi connectivity index (χ4n) is 3.00. The van der Waals surface area contributed by atoms with Crippen LogP contribution in [0.15, 0.2) is 11.7 Å². The summed E-state index contributed by atoms with van der Waals surface area (Å²) in [6.07, 6.45) is 1.90. The lowest BCUT2D eigenvalue weighted by Crippen LogP contribution is -2.66. The fraction of sp³-hybridized carbons (Fsp3) is 0.733. The molecule has 2 atom stereocenters. The largest absolute Gasteiger partial charge is 0.379 e. The Kier molecular flexibility index (Phi) is 5.78. The molecule has 0 spiro atoms. The van der Waals surface area contributed by atoms with Crippen LogP contribution in [0.1, 0.15) is 18.7 Å². The molecule has 7 nitrogen and oxygen atoms in total. The van der Waals surface area contributed by atoms with Gasteiger partial charge in [-0.05, 0) is 6.92 Å². The number of carbonyl (C=O) groups is 1. The Hall–Kier alpha value is -0.710. The molecule has 3 N–H and O–H groups in total. The molecule has 2 fully saturated rings. The number of amides is 1. The highest BCUT2D eigenvalue weighted by atomic mass is 32.2. The van der Waals surface area contributed by atoms with Crippen LogP contribution in [0.3, 0.4) is 0 Å².